The number of nitrogen functional groups attached to an aromatic ring is 1. The molecular formula is C14H12BrClN2O2. The Bertz CT molecular complexity index is 662. The predicted octanol–water partition coefficient (Wildman–Crippen LogP) is 3.95. The molecule has 3 N–H and O–H groups in total. The molecule has 2 rings (SSSR count). The molecule has 0 spiro atoms. The van der Waals surface area contributed by atoms with E-state index in [1.807, 2.05) is 0 Å². The van der Waals surface area contributed by atoms with Crippen molar-refractivity contribution in [1.29, 1.82) is 0 Å². The van der Waals surface area contributed by atoms with Crippen LogP contribution in [0.5, 0.6) is 5.75 Å². The molecule has 0 unspecified atom stereocenters. The van der Waals surface area contributed by atoms with Gasteiger partial charge in [-0.15, -0.1) is 0 Å². The average Bonchev–Trinajstić information content (AvgIpc) is 2.41. The van der Waals surface area contributed by atoms with Gasteiger partial charge in [0.05, 0.1) is 18.4 Å². The van der Waals surface area contributed by atoms with Gasteiger partial charge in [-0.1, -0.05) is 11.6 Å². The lowest BCUT2D eigenvalue weighted by atomic mass is 10.2. The average molecular weight is 356 g/mol. The maximum absolute atomic E-state index is 12.3. The number of nitrogens with two attached hydrogens (primary N) is 1. The number of rotatable bonds is 3. The third kappa shape index (κ3) is 3.23. The molecule has 0 aliphatic rings. The molecule has 1 amide bonds. The first-order valence-corrected chi connectivity index (χ1v) is 6.88. The Labute approximate surface area is 130 Å². The van der Waals surface area contributed by atoms with Crippen LogP contribution in [0.3, 0.4) is 0 Å². The molecule has 2 aromatic rings. The summed E-state index contributed by atoms with van der Waals surface area (Å²) < 4.78 is 5.84. The number of carbonyl (C=O) groups excluding carboxylic acids is 1. The molecule has 2 aromatic carbocycles. The fraction of sp³-hybridized carbons (Fsp3) is 0.0714. The SMILES string of the molecule is COc1ccc(N)cc1NC(=O)c1cc(Cl)ccc1Br. The Morgan fingerprint density at radius 1 is 1.30 bits per heavy atom. The summed E-state index contributed by atoms with van der Waals surface area (Å²) in [4.78, 5) is 12.3. The van der Waals surface area contributed by atoms with E-state index < -0.39 is 0 Å². The van der Waals surface area contributed by atoms with E-state index in [0.29, 0.717) is 32.2 Å². The molecule has 0 aliphatic carbocycles. The quantitative estimate of drug-likeness (QED) is 0.820. The molecule has 0 heterocycles. The van der Waals surface area contributed by atoms with Crippen LogP contribution in [0.25, 0.3) is 0 Å². The zero-order valence-corrected chi connectivity index (χ0v) is 13.0. The maximum Gasteiger partial charge on any atom is 0.256 e. The van der Waals surface area contributed by atoms with Crippen LogP contribution in [0.4, 0.5) is 11.4 Å². The summed E-state index contributed by atoms with van der Waals surface area (Å²) in [7, 11) is 1.52. The van der Waals surface area contributed by atoms with Gasteiger partial charge in [0.1, 0.15) is 5.75 Å². The van der Waals surface area contributed by atoms with Crippen molar-refractivity contribution < 1.29 is 9.53 Å². The second-order valence-electron chi connectivity index (χ2n) is 4.04. The fourth-order valence-electron chi connectivity index (χ4n) is 1.68. The molecule has 0 saturated carbocycles. The van der Waals surface area contributed by atoms with Crippen LogP contribution in [0.1, 0.15) is 10.4 Å². The minimum atomic E-state index is -0.303. The van der Waals surface area contributed by atoms with Crippen LogP contribution in [0.15, 0.2) is 40.9 Å². The number of hydrogen-bond donors (Lipinski definition) is 2. The highest BCUT2D eigenvalue weighted by Gasteiger charge is 2.13. The standard InChI is InChI=1S/C14H12BrClN2O2/c1-20-13-5-3-9(17)7-12(13)18-14(19)10-6-8(16)2-4-11(10)15/h2-7H,17H2,1H3,(H,18,19). The Morgan fingerprint density at radius 3 is 2.75 bits per heavy atom. The van der Waals surface area contributed by atoms with Gasteiger partial charge < -0.3 is 15.8 Å². The topological polar surface area (TPSA) is 64.3 Å². The summed E-state index contributed by atoms with van der Waals surface area (Å²) in [6.45, 7) is 0. The van der Waals surface area contributed by atoms with Crippen molar-refractivity contribution in [3.8, 4) is 5.75 Å². The molecule has 6 heteroatoms. The van der Waals surface area contributed by atoms with Gasteiger partial charge >= 0.3 is 0 Å². The molecular weight excluding hydrogens is 344 g/mol. The molecule has 0 radical (unpaired) electrons. The van der Waals surface area contributed by atoms with E-state index >= 15 is 0 Å². The van der Waals surface area contributed by atoms with Gasteiger partial charge in [0.15, 0.2) is 0 Å². The van der Waals surface area contributed by atoms with E-state index in [0.717, 1.165) is 0 Å². The number of hydrogen-bond acceptors (Lipinski definition) is 3. The van der Waals surface area contributed by atoms with Crippen molar-refractivity contribution in [3.63, 3.8) is 0 Å². The maximum atomic E-state index is 12.3. The fourth-order valence-corrected chi connectivity index (χ4v) is 2.28. The number of halogens is 2. The normalized spacial score (nSPS) is 10.2. The molecule has 4 nitrogen and oxygen atoms in total. The smallest absolute Gasteiger partial charge is 0.256 e. The highest BCUT2D eigenvalue weighted by Crippen LogP contribution is 2.28. The number of anilines is 2. The zero-order chi connectivity index (χ0) is 14.7. The molecule has 0 aromatic heterocycles. The third-order valence-corrected chi connectivity index (χ3v) is 3.57. The van der Waals surface area contributed by atoms with Gasteiger partial charge in [0.25, 0.3) is 5.91 Å². The van der Waals surface area contributed by atoms with Crippen LogP contribution in [0, 0.1) is 0 Å². The van der Waals surface area contributed by atoms with Gasteiger partial charge in [0, 0.05) is 15.2 Å². The van der Waals surface area contributed by atoms with Crippen molar-refractivity contribution in [2.75, 3.05) is 18.2 Å². The van der Waals surface area contributed by atoms with Gasteiger partial charge in [-0.3, -0.25) is 4.79 Å². The number of carbonyl (C=O) groups is 1. The lowest BCUT2D eigenvalue weighted by Gasteiger charge is -2.11. The Morgan fingerprint density at radius 2 is 2.05 bits per heavy atom. The van der Waals surface area contributed by atoms with E-state index in [2.05, 4.69) is 21.2 Å². The van der Waals surface area contributed by atoms with E-state index in [1.54, 1.807) is 36.4 Å². The molecule has 0 fully saturated rings. The first-order valence-electron chi connectivity index (χ1n) is 5.71. The minimum Gasteiger partial charge on any atom is -0.495 e. The van der Waals surface area contributed by atoms with Gasteiger partial charge in [0.2, 0.25) is 0 Å². The van der Waals surface area contributed by atoms with E-state index in [9.17, 15) is 4.79 Å². The van der Waals surface area contributed by atoms with Crippen molar-refractivity contribution >= 4 is 44.8 Å². The highest BCUT2D eigenvalue weighted by molar-refractivity contribution is 9.10. The minimum absolute atomic E-state index is 0.303. The van der Waals surface area contributed by atoms with Crippen molar-refractivity contribution in [1.82, 2.24) is 0 Å². The third-order valence-electron chi connectivity index (χ3n) is 2.64. The summed E-state index contributed by atoms with van der Waals surface area (Å²) in [5, 5.41) is 3.24. The van der Waals surface area contributed by atoms with Crippen LogP contribution in [-0.2, 0) is 0 Å². The molecule has 0 saturated heterocycles. The summed E-state index contributed by atoms with van der Waals surface area (Å²) in [6, 6.07) is 10.0. The number of methoxy groups -OCH3 is 1. The van der Waals surface area contributed by atoms with Crippen molar-refractivity contribution in [2.24, 2.45) is 0 Å². The number of ether oxygens (including phenoxy) is 1. The Balaban J connectivity index is 2.32. The van der Waals surface area contributed by atoms with Gasteiger partial charge in [-0.25, -0.2) is 0 Å². The molecule has 104 valence electrons. The van der Waals surface area contributed by atoms with Gasteiger partial charge in [-0.05, 0) is 52.3 Å². The Hall–Kier alpha value is -1.72. The van der Waals surface area contributed by atoms with Crippen LogP contribution in [0.2, 0.25) is 5.02 Å². The number of nitrogens with one attached hydrogen (secondary N) is 1. The van der Waals surface area contributed by atoms with Crippen LogP contribution < -0.4 is 15.8 Å². The molecule has 0 aliphatic heterocycles. The van der Waals surface area contributed by atoms with Crippen molar-refractivity contribution in [2.45, 2.75) is 0 Å². The lowest BCUT2D eigenvalue weighted by molar-refractivity contribution is 0.102. The summed E-state index contributed by atoms with van der Waals surface area (Å²) in [5.41, 5.74) is 7.18. The largest absolute Gasteiger partial charge is 0.495 e. The van der Waals surface area contributed by atoms with Crippen LogP contribution >= 0.6 is 27.5 Å². The second kappa shape index (κ2) is 6.15. The van der Waals surface area contributed by atoms with Crippen molar-refractivity contribution in [3.05, 3.63) is 51.5 Å². The van der Waals surface area contributed by atoms with E-state index in [-0.39, 0.29) is 5.91 Å². The summed E-state index contributed by atoms with van der Waals surface area (Å²) in [5.74, 6) is 0.231. The lowest BCUT2D eigenvalue weighted by Crippen LogP contribution is -2.13. The summed E-state index contributed by atoms with van der Waals surface area (Å²) >= 11 is 9.22. The van der Waals surface area contributed by atoms with E-state index in [1.165, 1.54) is 7.11 Å². The summed E-state index contributed by atoms with van der Waals surface area (Å²) in [6.07, 6.45) is 0. The van der Waals surface area contributed by atoms with Crippen LogP contribution in [-0.4, -0.2) is 13.0 Å². The molecule has 0 bridgehead atoms. The molecule has 20 heavy (non-hydrogen) atoms. The van der Waals surface area contributed by atoms with Gasteiger partial charge in [-0.2, -0.15) is 0 Å². The first kappa shape index (κ1) is 14.7. The van der Waals surface area contributed by atoms with E-state index in [4.69, 9.17) is 22.1 Å². The number of amides is 1. The highest BCUT2D eigenvalue weighted by atomic mass is 79.9. The predicted molar refractivity (Wildman–Crippen MR) is 84.5 cm³/mol. The molecule has 0 atom stereocenters. The Kier molecular flexibility index (Phi) is 4.52. The second-order valence-corrected chi connectivity index (χ2v) is 5.33. The monoisotopic (exact) mass is 354 g/mol. The zero-order valence-electron chi connectivity index (χ0n) is 10.6. The number of benzene rings is 2. The first-order chi connectivity index (χ1) is 9.51.